The van der Waals surface area contributed by atoms with E-state index in [1.807, 2.05) is 6.07 Å². The molecule has 1 saturated heterocycles. The molecule has 3 rings (SSSR count). The number of hydrogen-bond donors (Lipinski definition) is 0. The molecule has 146 valence electrons. The quantitative estimate of drug-likeness (QED) is 0.485. The molecule has 6 nitrogen and oxygen atoms in total. The predicted molar refractivity (Wildman–Crippen MR) is 107 cm³/mol. The minimum atomic E-state index is -3.66. The molecule has 0 N–H and O–H groups in total. The van der Waals surface area contributed by atoms with E-state index in [2.05, 4.69) is 15.9 Å². The lowest BCUT2D eigenvalue weighted by Gasteiger charge is -2.30. The number of rotatable bonds is 4. The first-order valence-corrected chi connectivity index (χ1v) is 11.1. The second-order valence-electron chi connectivity index (χ2n) is 6.31. The fourth-order valence-corrected chi connectivity index (χ4v) is 5.17. The number of hydrogen-bond acceptors (Lipinski definition) is 5. The highest BCUT2D eigenvalue weighted by atomic mass is 79.9. The van der Waals surface area contributed by atoms with Crippen LogP contribution in [0.5, 0.6) is 5.75 Å². The minimum Gasteiger partial charge on any atom is -0.425 e. The summed E-state index contributed by atoms with van der Waals surface area (Å²) in [7, 11) is -3.66. The first-order valence-electron chi connectivity index (χ1n) is 8.48. The van der Waals surface area contributed by atoms with Crippen molar-refractivity contribution >= 4 is 43.5 Å². The van der Waals surface area contributed by atoms with Gasteiger partial charge in [-0.05, 0) is 71.2 Å². The van der Waals surface area contributed by atoms with Crippen LogP contribution in [-0.4, -0.2) is 31.8 Å². The van der Waals surface area contributed by atoms with E-state index in [9.17, 15) is 13.2 Å². The van der Waals surface area contributed by atoms with Crippen molar-refractivity contribution in [1.29, 1.82) is 5.26 Å². The van der Waals surface area contributed by atoms with Crippen molar-refractivity contribution in [2.75, 3.05) is 13.1 Å². The molecule has 0 aliphatic carbocycles. The summed E-state index contributed by atoms with van der Waals surface area (Å²) in [5.74, 6) is -0.393. The van der Waals surface area contributed by atoms with Crippen LogP contribution < -0.4 is 4.74 Å². The van der Waals surface area contributed by atoms with Gasteiger partial charge in [-0.25, -0.2) is 8.42 Å². The maximum atomic E-state index is 12.7. The van der Waals surface area contributed by atoms with Crippen LogP contribution in [0.25, 0.3) is 0 Å². The number of sulfonamides is 1. The van der Waals surface area contributed by atoms with Crippen molar-refractivity contribution in [3.63, 3.8) is 0 Å². The van der Waals surface area contributed by atoms with Crippen molar-refractivity contribution in [3.8, 4) is 11.8 Å². The molecule has 0 aromatic heterocycles. The Bertz CT molecular complexity index is 1030. The number of benzene rings is 2. The molecular weight excluding hydrogens is 468 g/mol. The van der Waals surface area contributed by atoms with Crippen LogP contribution in [0.1, 0.15) is 18.4 Å². The number of nitrogens with zero attached hydrogens (tertiary/aromatic N) is 2. The smallest absolute Gasteiger partial charge is 0.314 e. The Labute approximate surface area is 176 Å². The van der Waals surface area contributed by atoms with Gasteiger partial charge in [-0.15, -0.1) is 0 Å². The fraction of sp³-hybridized carbons (Fsp3) is 0.263. The Morgan fingerprint density at radius 2 is 1.82 bits per heavy atom. The molecule has 0 radical (unpaired) electrons. The molecule has 1 fully saturated rings. The van der Waals surface area contributed by atoms with Gasteiger partial charge in [0.05, 0.1) is 26.9 Å². The summed E-state index contributed by atoms with van der Waals surface area (Å²) in [6.07, 6.45) is 0.749. The van der Waals surface area contributed by atoms with E-state index < -0.39 is 16.0 Å². The highest BCUT2D eigenvalue weighted by molar-refractivity contribution is 9.10. The number of nitriles is 1. The van der Waals surface area contributed by atoms with Crippen LogP contribution >= 0.6 is 27.5 Å². The average Bonchev–Trinajstić information content (AvgIpc) is 2.70. The molecule has 0 spiro atoms. The van der Waals surface area contributed by atoms with Gasteiger partial charge in [0.2, 0.25) is 10.0 Å². The molecule has 1 heterocycles. The van der Waals surface area contributed by atoms with E-state index in [-0.39, 0.29) is 23.9 Å². The first kappa shape index (κ1) is 20.8. The molecule has 0 bridgehead atoms. The SMILES string of the molecule is N#Cc1ccc(S(=O)(=O)N2CCC(C(=O)Oc3ccc(Cl)cc3Br)CC2)cc1. The number of halogens is 2. The number of esters is 1. The largest absolute Gasteiger partial charge is 0.425 e. The van der Waals surface area contributed by atoms with Crippen LogP contribution in [-0.2, 0) is 14.8 Å². The summed E-state index contributed by atoms with van der Waals surface area (Å²) in [6, 6.07) is 12.6. The van der Waals surface area contributed by atoms with E-state index in [1.165, 1.54) is 28.6 Å². The molecule has 1 aliphatic rings. The van der Waals surface area contributed by atoms with Crippen molar-refractivity contribution < 1.29 is 17.9 Å². The summed E-state index contributed by atoms with van der Waals surface area (Å²) in [5.41, 5.74) is 0.397. The Morgan fingerprint density at radius 1 is 1.18 bits per heavy atom. The summed E-state index contributed by atoms with van der Waals surface area (Å²) >= 11 is 9.18. The highest BCUT2D eigenvalue weighted by Gasteiger charge is 2.33. The zero-order valence-electron chi connectivity index (χ0n) is 14.6. The van der Waals surface area contributed by atoms with Crippen molar-refractivity contribution in [2.24, 2.45) is 5.92 Å². The van der Waals surface area contributed by atoms with E-state index >= 15 is 0 Å². The van der Waals surface area contributed by atoms with Crippen molar-refractivity contribution in [3.05, 3.63) is 57.5 Å². The van der Waals surface area contributed by atoms with Gasteiger partial charge < -0.3 is 4.74 Å². The average molecular weight is 484 g/mol. The van der Waals surface area contributed by atoms with E-state index in [0.717, 1.165) is 0 Å². The number of ether oxygens (including phenoxy) is 1. The lowest BCUT2D eigenvalue weighted by molar-refractivity contribution is -0.140. The van der Waals surface area contributed by atoms with Gasteiger partial charge in [0.1, 0.15) is 5.75 Å². The Kier molecular flexibility index (Phi) is 6.40. The van der Waals surface area contributed by atoms with Crippen molar-refractivity contribution in [1.82, 2.24) is 4.31 Å². The molecule has 0 atom stereocenters. The van der Waals surface area contributed by atoms with Crippen LogP contribution in [0.2, 0.25) is 5.02 Å². The van der Waals surface area contributed by atoms with Gasteiger partial charge >= 0.3 is 5.97 Å². The van der Waals surface area contributed by atoms with Gasteiger partial charge in [-0.3, -0.25) is 4.79 Å². The molecule has 1 aliphatic heterocycles. The number of carbonyl (C=O) groups excluding carboxylic acids is 1. The minimum absolute atomic E-state index is 0.137. The van der Waals surface area contributed by atoms with Gasteiger partial charge in [0, 0.05) is 18.1 Å². The lowest BCUT2D eigenvalue weighted by Crippen LogP contribution is -2.41. The maximum absolute atomic E-state index is 12.7. The van der Waals surface area contributed by atoms with E-state index in [0.29, 0.717) is 33.6 Å². The summed E-state index contributed by atoms with van der Waals surface area (Å²) in [6.45, 7) is 0.452. The lowest BCUT2D eigenvalue weighted by atomic mass is 9.98. The summed E-state index contributed by atoms with van der Waals surface area (Å²) in [5, 5.41) is 9.36. The molecular formula is C19H16BrClN2O4S. The third-order valence-electron chi connectivity index (χ3n) is 4.51. The summed E-state index contributed by atoms with van der Waals surface area (Å²) in [4.78, 5) is 12.6. The molecule has 0 unspecified atom stereocenters. The Morgan fingerprint density at radius 3 is 2.39 bits per heavy atom. The molecule has 0 amide bonds. The first-order chi connectivity index (χ1) is 13.3. The van der Waals surface area contributed by atoms with Gasteiger partial charge in [-0.1, -0.05) is 11.6 Å². The Hall–Kier alpha value is -1.92. The number of carbonyl (C=O) groups is 1. The summed E-state index contributed by atoms with van der Waals surface area (Å²) < 4.78 is 32.8. The third kappa shape index (κ3) is 4.55. The maximum Gasteiger partial charge on any atom is 0.314 e. The Balaban J connectivity index is 1.63. The van der Waals surface area contributed by atoms with Crippen LogP contribution in [0.15, 0.2) is 51.8 Å². The fourth-order valence-electron chi connectivity index (χ4n) is 2.93. The zero-order valence-corrected chi connectivity index (χ0v) is 17.8. The normalized spacial score (nSPS) is 15.8. The highest BCUT2D eigenvalue weighted by Crippen LogP contribution is 2.30. The molecule has 2 aromatic rings. The molecule has 9 heteroatoms. The zero-order chi connectivity index (χ0) is 20.3. The predicted octanol–water partition coefficient (Wildman–Crippen LogP) is 3.98. The third-order valence-corrected chi connectivity index (χ3v) is 7.28. The second-order valence-corrected chi connectivity index (χ2v) is 9.54. The van der Waals surface area contributed by atoms with Gasteiger partial charge in [0.25, 0.3) is 0 Å². The van der Waals surface area contributed by atoms with Crippen LogP contribution in [0.4, 0.5) is 0 Å². The topological polar surface area (TPSA) is 87.5 Å². The van der Waals surface area contributed by atoms with E-state index in [4.69, 9.17) is 21.6 Å². The molecule has 0 saturated carbocycles. The van der Waals surface area contributed by atoms with Gasteiger partial charge in [0.15, 0.2) is 0 Å². The van der Waals surface area contributed by atoms with Crippen LogP contribution in [0.3, 0.4) is 0 Å². The second kappa shape index (κ2) is 8.62. The standard InChI is InChI=1S/C19H16BrClN2O4S/c20-17-11-15(21)3-6-18(17)27-19(24)14-7-9-23(10-8-14)28(25,26)16-4-1-13(12-22)2-5-16/h1-6,11,14H,7-10H2. The van der Waals surface area contributed by atoms with E-state index in [1.54, 1.807) is 18.2 Å². The van der Waals surface area contributed by atoms with Crippen molar-refractivity contribution in [2.45, 2.75) is 17.7 Å². The monoisotopic (exact) mass is 482 g/mol. The molecule has 2 aromatic carbocycles. The molecule has 28 heavy (non-hydrogen) atoms. The number of piperidine rings is 1. The van der Waals surface area contributed by atoms with Gasteiger partial charge in [-0.2, -0.15) is 9.57 Å². The van der Waals surface area contributed by atoms with Crippen LogP contribution in [0, 0.1) is 17.2 Å².